The first-order chi connectivity index (χ1) is 9.10. The Morgan fingerprint density at radius 2 is 2.00 bits per heavy atom. The summed E-state index contributed by atoms with van der Waals surface area (Å²) < 4.78 is 0. The molecule has 0 aliphatic carbocycles. The molecule has 0 aliphatic heterocycles. The third kappa shape index (κ3) is 3.15. The van der Waals surface area contributed by atoms with Crippen molar-refractivity contribution in [3.8, 4) is 11.4 Å². The maximum Gasteiger partial charge on any atom is 0.230 e. The molecule has 6 heteroatoms. The van der Waals surface area contributed by atoms with Gasteiger partial charge in [-0.3, -0.25) is 4.98 Å². The lowest BCUT2D eigenvalue weighted by Crippen LogP contribution is -2.15. The van der Waals surface area contributed by atoms with Crippen LogP contribution in [0.1, 0.15) is 12.6 Å². The highest BCUT2D eigenvalue weighted by Crippen LogP contribution is 2.18. The molecule has 0 saturated carbocycles. The first-order valence-electron chi connectivity index (χ1n) is 6.20. The van der Waals surface area contributed by atoms with Crippen LogP contribution in [0.5, 0.6) is 0 Å². The van der Waals surface area contributed by atoms with E-state index in [4.69, 9.17) is 0 Å². The number of hydrogen-bond acceptors (Lipinski definition) is 6. The summed E-state index contributed by atoms with van der Waals surface area (Å²) in [6, 6.07) is 3.86. The summed E-state index contributed by atoms with van der Waals surface area (Å²) in [6.45, 7) is 4.73. The summed E-state index contributed by atoms with van der Waals surface area (Å²) in [5, 5.41) is 3.12. The molecular formula is C13H18N6. The fourth-order valence-electron chi connectivity index (χ4n) is 1.62. The number of rotatable bonds is 4. The molecule has 2 aromatic heterocycles. The molecule has 0 aliphatic rings. The highest BCUT2D eigenvalue weighted by atomic mass is 15.3. The zero-order valence-electron chi connectivity index (χ0n) is 11.7. The minimum Gasteiger partial charge on any atom is -0.354 e. The Morgan fingerprint density at radius 1 is 1.21 bits per heavy atom. The monoisotopic (exact) mass is 258 g/mol. The van der Waals surface area contributed by atoms with E-state index in [2.05, 4.69) is 25.3 Å². The minimum absolute atomic E-state index is 0.589. The Labute approximate surface area is 113 Å². The van der Waals surface area contributed by atoms with Crippen LogP contribution in [-0.4, -0.2) is 40.6 Å². The summed E-state index contributed by atoms with van der Waals surface area (Å²) in [5.74, 6) is 1.88. The Bertz CT molecular complexity index is 567. The molecule has 100 valence electrons. The van der Waals surface area contributed by atoms with Crippen molar-refractivity contribution in [2.24, 2.45) is 0 Å². The van der Waals surface area contributed by atoms with Crippen LogP contribution >= 0.6 is 0 Å². The summed E-state index contributed by atoms with van der Waals surface area (Å²) >= 11 is 0. The topological polar surface area (TPSA) is 66.8 Å². The van der Waals surface area contributed by atoms with Gasteiger partial charge in [-0.1, -0.05) is 0 Å². The molecule has 2 rings (SSSR count). The molecule has 1 N–H and O–H groups in total. The standard InChI is InChI=1S/C13H18N6/c1-5-14-12-16-11(17-13(18-12)19(3)4)10-6-7-15-9(2)8-10/h6-8H,5H2,1-4H3,(H,14,16,17,18). The molecule has 0 saturated heterocycles. The van der Waals surface area contributed by atoms with E-state index in [-0.39, 0.29) is 0 Å². The lowest BCUT2D eigenvalue weighted by molar-refractivity contribution is 0.953. The molecule has 0 atom stereocenters. The summed E-state index contributed by atoms with van der Waals surface area (Å²) in [4.78, 5) is 19.3. The lowest BCUT2D eigenvalue weighted by atomic mass is 10.2. The van der Waals surface area contributed by atoms with Gasteiger partial charge < -0.3 is 10.2 Å². The van der Waals surface area contributed by atoms with Crippen molar-refractivity contribution >= 4 is 11.9 Å². The maximum atomic E-state index is 4.46. The molecule has 0 spiro atoms. The largest absolute Gasteiger partial charge is 0.354 e. The van der Waals surface area contributed by atoms with Crippen molar-refractivity contribution in [1.29, 1.82) is 0 Å². The minimum atomic E-state index is 0.589. The second kappa shape index (κ2) is 5.60. The molecular weight excluding hydrogens is 240 g/mol. The van der Waals surface area contributed by atoms with Crippen molar-refractivity contribution in [2.45, 2.75) is 13.8 Å². The molecule has 6 nitrogen and oxygen atoms in total. The molecule has 2 heterocycles. The van der Waals surface area contributed by atoms with Gasteiger partial charge in [-0.05, 0) is 26.0 Å². The van der Waals surface area contributed by atoms with E-state index in [0.29, 0.717) is 17.7 Å². The van der Waals surface area contributed by atoms with Gasteiger partial charge in [0.15, 0.2) is 5.82 Å². The number of pyridine rings is 1. The van der Waals surface area contributed by atoms with E-state index >= 15 is 0 Å². The average Bonchev–Trinajstić information content (AvgIpc) is 2.38. The number of nitrogens with zero attached hydrogens (tertiary/aromatic N) is 5. The second-order valence-corrected chi connectivity index (χ2v) is 4.39. The molecule has 0 fully saturated rings. The van der Waals surface area contributed by atoms with Crippen LogP contribution in [0, 0.1) is 6.92 Å². The third-order valence-corrected chi connectivity index (χ3v) is 2.51. The van der Waals surface area contributed by atoms with Gasteiger partial charge >= 0.3 is 0 Å². The quantitative estimate of drug-likeness (QED) is 0.901. The van der Waals surface area contributed by atoms with Gasteiger partial charge in [-0.2, -0.15) is 15.0 Å². The highest BCUT2D eigenvalue weighted by Gasteiger charge is 2.09. The molecule has 19 heavy (non-hydrogen) atoms. The number of aryl methyl sites for hydroxylation is 1. The molecule has 0 radical (unpaired) electrons. The SMILES string of the molecule is CCNc1nc(-c2ccnc(C)c2)nc(N(C)C)n1. The van der Waals surface area contributed by atoms with Crippen LogP contribution in [0.15, 0.2) is 18.3 Å². The van der Waals surface area contributed by atoms with E-state index in [9.17, 15) is 0 Å². The first-order valence-corrected chi connectivity index (χ1v) is 6.20. The van der Waals surface area contributed by atoms with Crippen molar-refractivity contribution < 1.29 is 0 Å². The predicted octanol–water partition coefficient (Wildman–Crippen LogP) is 1.74. The maximum absolute atomic E-state index is 4.46. The third-order valence-electron chi connectivity index (χ3n) is 2.51. The first kappa shape index (κ1) is 13.2. The zero-order valence-corrected chi connectivity index (χ0v) is 11.7. The van der Waals surface area contributed by atoms with Crippen LogP contribution < -0.4 is 10.2 Å². The second-order valence-electron chi connectivity index (χ2n) is 4.39. The van der Waals surface area contributed by atoms with Crippen LogP contribution in [-0.2, 0) is 0 Å². The fraction of sp³-hybridized carbons (Fsp3) is 0.385. The van der Waals surface area contributed by atoms with Gasteiger partial charge in [0.1, 0.15) is 0 Å². The van der Waals surface area contributed by atoms with Gasteiger partial charge in [0, 0.05) is 38.1 Å². The molecule has 2 aromatic rings. The van der Waals surface area contributed by atoms with Gasteiger partial charge in [0.25, 0.3) is 0 Å². The molecule has 0 bridgehead atoms. The summed E-state index contributed by atoms with van der Waals surface area (Å²) in [5.41, 5.74) is 1.88. The van der Waals surface area contributed by atoms with Gasteiger partial charge in [0.2, 0.25) is 11.9 Å². The number of hydrogen-bond donors (Lipinski definition) is 1. The van der Waals surface area contributed by atoms with E-state index < -0.39 is 0 Å². The number of aromatic nitrogens is 4. The van der Waals surface area contributed by atoms with Crippen LogP contribution in [0.25, 0.3) is 11.4 Å². The van der Waals surface area contributed by atoms with Crippen molar-refractivity contribution in [3.63, 3.8) is 0 Å². The van der Waals surface area contributed by atoms with Gasteiger partial charge in [-0.15, -0.1) is 0 Å². The summed E-state index contributed by atoms with van der Waals surface area (Å²) in [6.07, 6.45) is 1.76. The fourth-order valence-corrected chi connectivity index (χ4v) is 1.62. The van der Waals surface area contributed by atoms with Gasteiger partial charge in [0.05, 0.1) is 0 Å². The molecule has 0 aromatic carbocycles. The lowest BCUT2D eigenvalue weighted by Gasteiger charge is -2.13. The Hall–Kier alpha value is -2.24. The van der Waals surface area contributed by atoms with E-state index in [1.165, 1.54) is 0 Å². The van der Waals surface area contributed by atoms with Crippen molar-refractivity contribution in [3.05, 3.63) is 24.0 Å². The Morgan fingerprint density at radius 3 is 2.63 bits per heavy atom. The van der Waals surface area contributed by atoms with E-state index in [1.54, 1.807) is 6.20 Å². The van der Waals surface area contributed by atoms with E-state index in [1.807, 2.05) is 45.0 Å². The smallest absolute Gasteiger partial charge is 0.230 e. The normalized spacial score (nSPS) is 10.3. The van der Waals surface area contributed by atoms with E-state index in [0.717, 1.165) is 17.8 Å². The Balaban J connectivity index is 2.49. The average molecular weight is 258 g/mol. The van der Waals surface area contributed by atoms with Crippen LogP contribution in [0.3, 0.4) is 0 Å². The summed E-state index contributed by atoms with van der Waals surface area (Å²) in [7, 11) is 3.82. The zero-order chi connectivity index (χ0) is 13.8. The predicted molar refractivity (Wildman–Crippen MR) is 76.3 cm³/mol. The number of anilines is 2. The van der Waals surface area contributed by atoms with Crippen molar-refractivity contribution in [2.75, 3.05) is 30.9 Å². The van der Waals surface area contributed by atoms with Crippen LogP contribution in [0.2, 0.25) is 0 Å². The van der Waals surface area contributed by atoms with Crippen molar-refractivity contribution in [1.82, 2.24) is 19.9 Å². The Kier molecular flexibility index (Phi) is 3.89. The van der Waals surface area contributed by atoms with Gasteiger partial charge in [-0.25, -0.2) is 0 Å². The molecule has 0 unspecified atom stereocenters. The van der Waals surface area contributed by atoms with Crippen LogP contribution in [0.4, 0.5) is 11.9 Å². The molecule has 0 amide bonds. The number of nitrogens with one attached hydrogen (secondary N) is 1. The highest BCUT2D eigenvalue weighted by molar-refractivity contribution is 5.58.